The second-order valence-electron chi connectivity index (χ2n) is 3.27. The first-order valence-corrected chi connectivity index (χ1v) is 4.55. The third-order valence-electron chi connectivity index (χ3n) is 2.07. The molecule has 0 saturated heterocycles. The van der Waals surface area contributed by atoms with Gasteiger partial charge in [0.1, 0.15) is 12.2 Å². The smallest absolute Gasteiger partial charge is 0.303 e. The van der Waals surface area contributed by atoms with Crippen molar-refractivity contribution in [2.24, 2.45) is 0 Å². The fraction of sp³-hybridized carbons (Fsp3) is 0.333. The Balaban J connectivity index is 2.32. The molecule has 0 aliphatic carbocycles. The number of carboxylic acid groups (broad SMARTS) is 1. The van der Waals surface area contributed by atoms with Crippen molar-refractivity contribution in [3.8, 4) is 0 Å². The van der Waals surface area contributed by atoms with Crippen molar-refractivity contribution in [1.82, 2.24) is 19.6 Å². The number of fused-ring (bicyclic) bond motifs is 1. The Morgan fingerprint density at radius 2 is 2.33 bits per heavy atom. The molecule has 0 amide bonds. The molecule has 0 aromatic carbocycles. The fourth-order valence-corrected chi connectivity index (χ4v) is 1.32. The van der Waals surface area contributed by atoms with Crippen LogP contribution in [0.2, 0.25) is 0 Å². The summed E-state index contributed by atoms with van der Waals surface area (Å²) in [7, 11) is 0. The molecule has 0 bridgehead atoms. The number of aromatic nitrogens is 4. The van der Waals surface area contributed by atoms with Crippen LogP contribution in [0.4, 0.5) is 0 Å². The number of aliphatic carboxylic acids is 1. The van der Waals surface area contributed by atoms with Gasteiger partial charge in [-0.1, -0.05) is 0 Å². The van der Waals surface area contributed by atoms with E-state index in [0.717, 1.165) is 5.69 Å². The fourth-order valence-electron chi connectivity index (χ4n) is 1.32. The van der Waals surface area contributed by atoms with Gasteiger partial charge < -0.3 is 5.11 Å². The molecule has 6 heteroatoms. The number of hydrogen-bond donors (Lipinski definition) is 1. The lowest BCUT2D eigenvalue weighted by molar-refractivity contribution is -0.137. The zero-order valence-corrected chi connectivity index (χ0v) is 8.21. The van der Waals surface area contributed by atoms with Crippen molar-refractivity contribution < 1.29 is 9.90 Å². The molecule has 0 saturated carbocycles. The van der Waals surface area contributed by atoms with Crippen LogP contribution in [0.15, 0.2) is 12.4 Å². The van der Waals surface area contributed by atoms with E-state index in [-0.39, 0.29) is 6.42 Å². The number of rotatable bonds is 3. The topological polar surface area (TPSA) is 80.4 Å². The van der Waals surface area contributed by atoms with Gasteiger partial charge in [-0.05, 0) is 6.92 Å². The van der Waals surface area contributed by atoms with Crippen molar-refractivity contribution in [1.29, 1.82) is 0 Å². The van der Waals surface area contributed by atoms with Crippen molar-refractivity contribution in [3.63, 3.8) is 0 Å². The second-order valence-corrected chi connectivity index (χ2v) is 3.27. The monoisotopic (exact) mass is 206 g/mol. The Kier molecular flexibility index (Phi) is 2.32. The molecule has 6 nitrogen and oxygen atoms in total. The molecule has 78 valence electrons. The van der Waals surface area contributed by atoms with E-state index in [9.17, 15) is 4.79 Å². The minimum atomic E-state index is -0.841. The molecule has 2 rings (SSSR count). The normalized spacial score (nSPS) is 10.7. The van der Waals surface area contributed by atoms with Crippen molar-refractivity contribution >= 4 is 11.6 Å². The Hall–Kier alpha value is -1.98. The largest absolute Gasteiger partial charge is 0.481 e. The Morgan fingerprint density at radius 3 is 3.07 bits per heavy atom. The first kappa shape index (κ1) is 9.57. The molecule has 0 atom stereocenters. The van der Waals surface area contributed by atoms with Crippen LogP contribution in [0, 0.1) is 6.92 Å². The van der Waals surface area contributed by atoms with Crippen molar-refractivity contribution in [3.05, 3.63) is 23.9 Å². The van der Waals surface area contributed by atoms with Crippen molar-refractivity contribution in [2.75, 3.05) is 0 Å². The van der Waals surface area contributed by atoms with Crippen LogP contribution in [-0.2, 0) is 11.2 Å². The van der Waals surface area contributed by atoms with Gasteiger partial charge in [0, 0.05) is 18.2 Å². The van der Waals surface area contributed by atoms with Crippen LogP contribution in [0.1, 0.15) is 17.9 Å². The summed E-state index contributed by atoms with van der Waals surface area (Å²) in [4.78, 5) is 14.5. The zero-order chi connectivity index (χ0) is 10.8. The lowest BCUT2D eigenvalue weighted by Crippen LogP contribution is -2.02. The van der Waals surface area contributed by atoms with E-state index in [1.54, 1.807) is 16.8 Å². The molecule has 0 unspecified atom stereocenters. The van der Waals surface area contributed by atoms with E-state index in [4.69, 9.17) is 5.11 Å². The highest BCUT2D eigenvalue weighted by atomic mass is 16.4. The number of aryl methyl sites for hydroxylation is 2. The number of carbonyl (C=O) groups is 1. The molecular formula is C9H10N4O2. The van der Waals surface area contributed by atoms with E-state index in [1.807, 2.05) is 6.92 Å². The highest BCUT2D eigenvalue weighted by Crippen LogP contribution is 2.05. The molecule has 0 aliphatic rings. The molecule has 0 spiro atoms. The number of carboxylic acids is 1. The lowest BCUT2D eigenvalue weighted by Gasteiger charge is -1.97. The van der Waals surface area contributed by atoms with Crippen LogP contribution < -0.4 is 0 Å². The molecule has 15 heavy (non-hydrogen) atoms. The maximum Gasteiger partial charge on any atom is 0.303 e. The summed E-state index contributed by atoms with van der Waals surface area (Å²) >= 11 is 0. The quantitative estimate of drug-likeness (QED) is 0.788. The molecule has 2 aromatic heterocycles. The molecule has 0 aliphatic heterocycles. The van der Waals surface area contributed by atoms with E-state index in [1.165, 1.54) is 0 Å². The zero-order valence-electron chi connectivity index (χ0n) is 8.21. The van der Waals surface area contributed by atoms with E-state index >= 15 is 0 Å². The minimum Gasteiger partial charge on any atom is -0.481 e. The second kappa shape index (κ2) is 3.64. The van der Waals surface area contributed by atoms with Gasteiger partial charge in [0.25, 0.3) is 0 Å². The molecule has 0 fully saturated rings. The molecule has 1 N–H and O–H groups in total. The predicted molar refractivity (Wildman–Crippen MR) is 51.5 cm³/mol. The van der Waals surface area contributed by atoms with Crippen LogP contribution in [-0.4, -0.2) is 30.7 Å². The van der Waals surface area contributed by atoms with Crippen LogP contribution >= 0.6 is 0 Å². The number of hydrogen-bond acceptors (Lipinski definition) is 4. The maximum absolute atomic E-state index is 10.4. The van der Waals surface area contributed by atoms with Crippen LogP contribution in [0.5, 0.6) is 0 Å². The Labute approximate surface area is 85.6 Å². The van der Waals surface area contributed by atoms with Gasteiger partial charge in [0.2, 0.25) is 0 Å². The number of nitrogens with zero attached hydrogens (tertiary/aromatic N) is 4. The van der Waals surface area contributed by atoms with Gasteiger partial charge >= 0.3 is 5.97 Å². The molecule has 2 heterocycles. The van der Waals surface area contributed by atoms with Gasteiger partial charge in [-0.25, -0.2) is 4.98 Å². The maximum atomic E-state index is 10.4. The van der Waals surface area contributed by atoms with E-state index < -0.39 is 5.97 Å². The Morgan fingerprint density at radius 1 is 1.53 bits per heavy atom. The lowest BCUT2D eigenvalue weighted by atomic mass is 10.3. The average molecular weight is 206 g/mol. The van der Waals surface area contributed by atoms with Crippen molar-refractivity contribution in [2.45, 2.75) is 19.8 Å². The third-order valence-corrected chi connectivity index (χ3v) is 2.07. The van der Waals surface area contributed by atoms with E-state index in [0.29, 0.717) is 17.9 Å². The standard InChI is InChI=1S/C9H10N4O2/c1-6-4-8-12-11-7(2-3-9(14)15)13(8)5-10-6/h4-5H,2-3H2,1H3,(H,14,15). The summed E-state index contributed by atoms with van der Waals surface area (Å²) in [6.45, 7) is 1.87. The summed E-state index contributed by atoms with van der Waals surface area (Å²) in [6.07, 6.45) is 2.03. The first-order chi connectivity index (χ1) is 7.16. The van der Waals surface area contributed by atoms with Gasteiger partial charge in [0.15, 0.2) is 5.65 Å². The molecular weight excluding hydrogens is 196 g/mol. The summed E-state index contributed by atoms with van der Waals surface area (Å²) < 4.78 is 1.70. The highest BCUT2D eigenvalue weighted by molar-refractivity contribution is 5.66. The van der Waals surface area contributed by atoms with Crippen LogP contribution in [0.3, 0.4) is 0 Å². The first-order valence-electron chi connectivity index (χ1n) is 4.55. The van der Waals surface area contributed by atoms with Gasteiger partial charge in [-0.2, -0.15) is 0 Å². The molecule has 2 aromatic rings. The summed E-state index contributed by atoms with van der Waals surface area (Å²) in [5.74, 6) is -0.216. The predicted octanol–water partition coefficient (Wildman–Crippen LogP) is 0.450. The molecule has 0 radical (unpaired) electrons. The highest BCUT2D eigenvalue weighted by Gasteiger charge is 2.07. The van der Waals surface area contributed by atoms with Gasteiger partial charge in [-0.15, -0.1) is 10.2 Å². The summed E-state index contributed by atoms with van der Waals surface area (Å²) in [6, 6.07) is 1.80. The van der Waals surface area contributed by atoms with Crippen LogP contribution in [0.25, 0.3) is 5.65 Å². The summed E-state index contributed by atoms with van der Waals surface area (Å²) in [5.41, 5.74) is 1.56. The van der Waals surface area contributed by atoms with Gasteiger partial charge in [-0.3, -0.25) is 9.20 Å². The third kappa shape index (κ3) is 1.93. The average Bonchev–Trinajstić information content (AvgIpc) is 2.57. The minimum absolute atomic E-state index is 0.0503. The SMILES string of the molecule is Cc1cc2nnc(CCC(=O)O)n2cn1. The summed E-state index contributed by atoms with van der Waals surface area (Å²) in [5, 5.41) is 16.4. The van der Waals surface area contributed by atoms with E-state index in [2.05, 4.69) is 15.2 Å². The Bertz CT molecular complexity index is 506. The van der Waals surface area contributed by atoms with Gasteiger partial charge in [0.05, 0.1) is 6.42 Å².